The highest BCUT2D eigenvalue weighted by molar-refractivity contribution is 5.87. The molecule has 0 radical (unpaired) electrons. The zero-order valence-corrected chi connectivity index (χ0v) is 38.5. The molecule has 11 atom stereocenters. The Kier molecular flexibility index (Phi) is 14.9. The first-order chi connectivity index (χ1) is 28.7. The van der Waals surface area contributed by atoms with E-state index in [1.54, 1.807) is 0 Å². The number of hydrogen-bond donors (Lipinski definition) is 5. The van der Waals surface area contributed by atoms with Gasteiger partial charge in [-0.3, -0.25) is 31.1 Å². The van der Waals surface area contributed by atoms with Crippen molar-refractivity contribution in [2.45, 2.75) is 143 Å². The summed E-state index contributed by atoms with van der Waals surface area (Å²) in [7, 11) is 1.45. The minimum atomic E-state index is -0.440. The number of benzene rings is 2. The normalized spacial score (nSPS) is 32.1. The predicted octanol–water partition coefficient (Wildman–Crippen LogP) is 5.33. The maximum Gasteiger partial charge on any atom is 0.411 e. The molecule has 1 unspecified atom stereocenters. The van der Waals surface area contributed by atoms with E-state index in [0.29, 0.717) is 30.9 Å². The molecule has 0 saturated heterocycles. The van der Waals surface area contributed by atoms with Crippen LogP contribution in [0.2, 0.25) is 0 Å². The van der Waals surface area contributed by atoms with Crippen LogP contribution in [0, 0.1) is 46.3 Å². The van der Waals surface area contributed by atoms with Crippen LogP contribution in [0.3, 0.4) is 0 Å². The summed E-state index contributed by atoms with van der Waals surface area (Å²) < 4.78 is 18.6. The molecule has 5 aliphatic rings. The highest BCUT2D eigenvalue weighted by Crippen LogP contribution is 2.69. The number of ether oxygens (including phenoxy) is 3. The van der Waals surface area contributed by atoms with Crippen LogP contribution >= 0.6 is 0 Å². The van der Waals surface area contributed by atoms with Crippen LogP contribution < -0.4 is 38.7 Å². The standard InChI is InChI=1S/C49H71N5O6.ClH/c1-29(2)35-16-12-17-36(30(3)4)44(35)54-47(57)59-40-27-32-26-34(52-45-50-24-13-25-51-45)22-23-48(32,6)39-28-41(60-46(56)53-33-14-10-9-11-15-33)49(7)37(19-20-38(49)43(39)40)31(5)18-21-42(55)58-8;/h9-12,14-17,29-32,34,37-41,43H,13,18-28H2,1-8H3,(H,53,56)(H,54,57)(H2,50,51,52);1H/t31-,32?,34-,37-,38+,39+,40-,41+,43+,48+,49-;/m1./s1. The third-order valence-electron chi connectivity index (χ3n) is 16.0. The summed E-state index contributed by atoms with van der Waals surface area (Å²) >= 11 is 0. The van der Waals surface area contributed by atoms with E-state index in [1.165, 1.54) is 7.11 Å². The Morgan fingerprint density at radius 3 is 2.21 bits per heavy atom. The van der Waals surface area contributed by atoms with Gasteiger partial charge in [0, 0.05) is 29.9 Å². The SMILES string of the molecule is COC(=O)CC[C@@H](C)[C@H]1CC[C@H]2[C@@H]3[C@H](OC(=O)Nc4c(C(C)C)cccc4C(C)C)CC4C[C@H](NC5=[NH+]CCCN5)CC[C@]4(C)[C@H]3C[C@H](OC(=O)Nc3ccccc3)[C@]12C.[Cl-]. The van der Waals surface area contributed by atoms with Gasteiger partial charge in [-0.25, -0.2) is 9.59 Å². The van der Waals surface area contributed by atoms with Gasteiger partial charge in [-0.05, 0) is 121 Å². The molecule has 0 bridgehead atoms. The van der Waals surface area contributed by atoms with Crippen LogP contribution in [0.15, 0.2) is 48.5 Å². The van der Waals surface area contributed by atoms with E-state index in [9.17, 15) is 14.4 Å². The van der Waals surface area contributed by atoms with Crippen LogP contribution in [0.5, 0.6) is 0 Å². The average Bonchev–Trinajstić information content (AvgIpc) is 3.59. The lowest BCUT2D eigenvalue weighted by atomic mass is 9.43. The van der Waals surface area contributed by atoms with Crippen molar-refractivity contribution >= 4 is 35.5 Å². The van der Waals surface area contributed by atoms with Crippen molar-refractivity contribution in [1.29, 1.82) is 0 Å². The molecule has 0 spiro atoms. The minimum absolute atomic E-state index is 0. The Labute approximate surface area is 370 Å². The van der Waals surface area contributed by atoms with Gasteiger partial charge in [0.1, 0.15) is 12.2 Å². The molecular formula is C49H72ClN5O6. The number of carbonyl (C=O) groups is 3. The molecule has 2 aromatic carbocycles. The summed E-state index contributed by atoms with van der Waals surface area (Å²) in [4.78, 5) is 44.3. The third-order valence-corrected chi connectivity index (χ3v) is 16.0. The lowest BCUT2D eigenvalue weighted by Gasteiger charge is -2.64. The fourth-order valence-electron chi connectivity index (χ4n) is 12.8. The minimum Gasteiger partial charge on any atom is -1.00 e. The zero-order chi connectivity index (χ0) is 42.8. The average molecular weight is 863 g/mol. The molecule has 12 heteroatoms. The smallest absolute Gasteiger partial charge is 0.411 e. The molecular weight excluding hydrogens is 790 g/mol. The topological polar surface area (TPSA) is 141 Å². The fraction of sp³-hybridized carbons (Fsp3) is 0.673. The number of carbonyl (C=O) groups excluding carboxylic acids is 3. The molecule has 7 rings (SSSR count). The first-order valence-corrected chi connectivity index (χ1v) is 23.0. The second-order valence-corrected chi connectivity index (χ2v) is 19.9. The molecule has 1 heterocycles. The van der Waals surface area contributed by atoms with Crippen molar-refractivity contribution in [3.63, 3.8) is 0 Å². The van der Waals surface area contributed by atoms with Gasteiger partial charge in [0.15, 0.2) is 0 Å². The van der Waals surface area contributed by atoms with E-state index in [2.05, 4.69) is 92.9 Å². The van der Waals surface area contributed by atoms with Crippen LogP contribution in [-0.4, -0.2) is 62.6 Å². The van der Waals surface area contributed by atoms with E-state index >= 15 is 0 Å². The van der Waals surface area contributed by atoms with Crippen LogP contribution in [0.1, 0.15) is 136 Å². The summed E-state index contributed by atoms with van der Waals surface area (Å²) in [6, 6.07) is 16.1. The molecule has 61 heavy (non-hydrogen) atoms. The van der Waals surface area contributed by atoms with Gasteiger partial charge in [0.05, 0.1) is 31.9 Å². The fourth-order valence-corrected chi connectivity index (χ4v) is 12.8. The predicted molar refractivity (Wildman–Crippen MR) is 236 cm³/mol. The number of hydrogen-bond acceptors (Lipinski definition) is 8. The highest BCUT2D eigenvalue weighted by atomic mass is 35.5. The molecule has 1 aliphatic heterocycles. The van der Waals surface area contributed by atoms with Crippen molar-refractivity contribution < 1.29 is 46.0 Å². The summed E-state index contributed by atoms with van der Waals surface area (Å²) in [5.41, 5.74) is 3.32. The number of fused-ring (bicyclic) bond motifs is 5. The number of nitrogens with one attached hydrogen (secondary N) is 5. The van der Waals surface area contributed by atoms with Gasteiger partial charge in [0.25, 0.3) is 0 Å². The van der Waals surface area contributed by atoms with Gasteiger partial charge in [-0.15, -0.1) is 0 Å². The lowest BCUT2D eigenvalue weighted by molar-refractivity contribution is -0.467. The summed E-state index contributed by atoms with van der Waals surface area (Å²) in [5.74, 6) is 2.34. The first-order valence-electron chi connectivity index (χ1n) is 23.0. The zero-order valence-electron chi connectivity index (χ0n) is 37.8. The lowest BCUT2D eigenvalue weighted by Crippen LogP contribution is -3.00. The number of methoxy groups -OCH3 is 1. The molecule has 11 nitrogen and oxygen atoms in total. The summed E-state index contributed by atoms with van der Waals surface area (Å²) in [6.07, 6.45) is 7.06. The Bertz CT molecular complexity index is 1850. The Balaban J connectivity index is 0.00000622. The van der Waals surface area contributed by atoms with Crippen LogP contribution in [0.25, 0.3) is 0 Å². The van der Waals surface area contributed by atoms with Crippen molar-refractivity contribution in [2.24, 2.45) is 46.3 Å². The van der Waals surface area contributed by atoms with Gasteiger partial charge in [-0.2, -0.15) is 0 Å². The number of anilines is 2. The van der Waals surface area contributed by atoms with Gasteiger partial charge in [0.2, 0.25) is 0 Å². The monoisotopic (exact) mass is 862 g/mol. The Morgan fingerprint density at radius 1 is 0.852 bits per heavy atom. The first kappa shape index (κ1) is 46.5. The van der Waals surface area contributed by atoms with Crippen molar-refractivity contribution in [3.05, 3.63) is 59.7 Å². The number of halogens is 1. The van der Waals surface area contributed by atoms with Crippen LogP contribution in [0.4, 0.5) is 21.0 Å². The van der Waals surface area contributed by atoms with E-state index in [0.717, 1.165) is 80.8 Å². The molecule has 4 fully saturated rings. The van der Waals surface area contributed by atoms with E-state index in [1.807, 2.05) is 30.3 Å². The van der Waals surface area contributed by atoms with Gasteiger partial charge < -0.3 is 26.6 Å². The maximum absolute atomic E-state index is 14.5. The molecule has 4 saturated carbocycles. The largest absolute Gasteiger partial charge is 1.00 e. The molecule has 2 amide bonds. The van der Waals surface area contributed by atoms with Gasteiger partial charge in [-0.1, -0.05) is 84.9 Å². The van der Waals surface area contributed by atoms with Crippen LogP contribution in [-0.2, 0) is 19.0 Å². The maximum atomic E-state index is 14.5. The van der Waals surface area contributed by atoms with Crippen molar-refractivity contribution in [2.75, 3.05) is 30.8 Å². The van der Waals surface area contributed by atoms with E-state index < -0.39 is 17.6 Å². The highest BCUT2D eigenvalue weighted by Gasteiger charge is 2.68. The molecule has 0 aromatic heterocycles. The molecule has 2 aromatic rings. The Morgan fingerprint density at radius 2 is 1.56 bits per heavy atom. The summed E-state index contributed by atoms with van der Waals surface area (Å²) in [6.45, 7) is 17.6. The number of para-hydroxylation sites is 2. The number of esters is 1. The third kappa shape index (κ3) is 9.67. The van der Waals surface area contributed by atoms with Crippen molar-refractivity contribution in [3.8, 4) is 0 Å². The molecule has 336 valence electrons. The molecule has 5 N–H and O–H groups in total. The van der Waals surface area contributed by atoms with E-state index in [-0.39, 0.29) is 83.5 Å². The summed E-state index contributed by atoms with van der Waals surface area (Å²) in [5, 5.41) is 13.6. The van der Waals surface area contributed by atoms with E-state index in [4.69, 9.17) is 14.2 Å². The van der Waals surface area contributed by atoms with Gasteiger partial charge >= 0.3 is 24.1 Å². The quantitative estimate of drug-likeness (QED) is 0.151. The number of amides is 2. The number of rotatable bonds is 11. The number of guanidine groups is 1. The second-order valence-electron chi connectivity index (χ2n) is 19.9. The Hall–Kier alpha value is -3.99. The van der Waals surface area contributed by atoms with Crippen molar-refractivity contribution in [1.82, 2.24) is 10.6 Å². The molecule has 4 aliphatic carbocycles. The second kappa shape index (κ2) is 19.6.